The standard InChI is InChI=1S/C19H21NO3/c21-13-17-11-20(12-18(17)16-9-5-2-6-10-16)19(22)23-14-15-7-3-1-4-8-15/h1-10,17-18,21H,11-14H2/t17-,18-/m0/s1. The number of nitrogens with zero attached hydrogens (tertiary/aromatic N) is 1. The predicted octanol–water partition coefficient (Wildman–Crippen LogP) is 3.03. The summed E-state index contributed by atoms with van der Waals surface area (Å²) in [6.07, 6.45) is -0.314. The van der Waals surface area contributed by atoms with Crippen LogP contribution in [0.4, 0.5) is 4.79 Å². The van der Waals surface area contributed by atoms with Gasteiger partial charge in [-0.25, -0.2) is 4.79 Å². The molecule has 120 valence electrons. The first-order chi connectivity index (χ1) is 11.3. The lowest BCUT2D eigenvalue weighted by Gasteiger charge is -2.16. The smallest absolute Gasteiger partial charge is 0.410 e. The molecular formula is C19H21NO3. The van der Waals surface area contributed by atoms with Crippen molar-refractivity contribution in [3.8, 4) is 0 Å². The molecule has 0 spiro atoms. The predicted molar refractivity (Wildman–Crippen MR) is 88.0 cm³/mol. The van der Waals surface area contributed by atoms with Crippen LogP contribution in [0, 0.1) is 5.92 Å². The van der Waals surface area contributed by atoms with Gasteiger partial charge in [0.1, 0.15) is 6.61 Å². The van der Waals surface area contributed by atoms with Crippen molar-refractivity contribution in [1.82, 2.24) is 4.90 Å². The zero-order chi connectivity index (χ0) is 16.1. The first-order valence-electron chi connectivity index (χ1n) is 7.89. The Bertz CT molecular complexity index is 630. The number of hydrogen-bond donors (Lipinski definition) is 1. The zero-order valence-electron chi connectivity index (χ0n) is 13.0. The Labute approximate surface area is 136 Å². The largest absolute Gasteiger partial charge is 0.445 e. The summed E-state index contributed by atoms with van der Waals surface area (Å²) in [4.78, 5) is 14.0. The van der Waals surface area contributed by atoms with Gasteiger partial charge in [-0.05, 0) is 11.1 Å². The number of likely N-dealkylation sites (tertiary alicyclic amines) is 1. The Morgan fingerprint density at radius 1 is 1.04 bits per heavy atom. The summed E-state index contributed by atoms with van der Waals surface area (Å²) in [7, 11) is 0. The number of aliphatic hydroxyl groups excluding tert-OH is 1. The van der Waals surface area contributed by atoms with Crippen LogP contribution < -0.4 is 0 Å². The molecule has 1 aliphatic heterocycles. The van der Waals surface area contributed by atoms with E-state index in [-0.39, 0.29) is 31.1 Å². The fourth-order valence-electron chi connectivity index (χ4n) is 3.09. The highest BCUT2D eigenvalue weighted by Gasteiger charge is 2.36. The molecule has 4 nitrogen and oxygen atoms in total. The van der Waals surface area contributed by atoms with Gasteiger partial charge in [-0.1, -0.05) is 60.7 Å². The third-order valence-corrected chi connectivity index (χ3v) is 4.37. The van der Waals surface area contributed by atoms with E-state index in [4.69, 9.17) is 4.74 Å². The minimum Gasteiger partial charge on any atom is -0.445 e. The second-order valence-corrected chi connectivity index (χ2v) is 5.90. The lowest BCUT2D eigenvalue weighted by Crippen LogP contribution is -2.29. The van der Waals surface area contributed by atoms with Gasteiger partial charge in [0.05, 0.1) is 0 Å². The SMILES string of the molecule is O=C(OCc1ccccc1)N1C[C@@H](CO)[C@H](c2ccccc2)C1. The van der Waals surface area contributed by atoms with Gasteiger partial charge in [0.25, 0.3) is 0 Å². The fraction of sp³-hybridized carbons (Fsp3) is 0.316. The number of benzene rings is 2. The molecule has 1 aliphatic rings. The highest BCUT2D eigenvalue weighted by Crippen LogP contribution is 2.32. The molecule has 1 heterocycles. The molecule has 0 aromatic heterocycles. The molecule has 2 atom stereocenters. The zero-order valence-corrected chi connectivity index (χ0v) is 13.0. The monoisotopic (exact) mass is 311 g/mol. The quantitative estimate of drug-likeness (QED) is 0.944. The maximum absolute atomic E-state index is 12.3. The van der Waals surface area contributed by atoms with Crippen molar-refractivity contribution in [1.29, 1.82) is 0 Å². The number of ether oxygens (including phenoxy) is 1. The number of hydrogen-bond acceptors (Lipinski definition) is 3. The second kappa shape index (κ2) is 7.29. The van der Waals surface area contributed by atoms with Crippen LogP contribution >= 0.6 is 0 Å². The maximum atomic E-state index is 12.3. The van der Waals surface area contributed by atoms with Crippen LogP contribution in [0.25, 0.3) is 0 Å². The van der Waals surface area contributed by atoms with E-state index in [0.717, 1.165) is 11.1 Å². The second-order valence-electron chi connectivity index (χ2n) is 5.90. The van der Waals surface area contributed by atoms with Crippen LogP contribution in [0.2, 0.25) is 0 Å². The molecule has 1 saturated heterocycles. The van der Waals surface area contributed by atoms with Crippen molar-refractivity contribution in [2.24, 2.45) is 5.92 Å². The van der Waals surface area contributed by atoms with Gasteiger partial charge in [-0.2, -0.15) is 0 Å². The molecule has 2 aromatic carbocycles. The first kappa shape index (κ1) is 15.6. The molecule has 0 saturated carbocycles. The lowest BCUT2D eigenvalue weighted by molar-refractivity contribution is 0.101. The van der Waals surface area contributed by atoms with Crippen LogP contribution in [0.3, 0.4) is 0 Å². The van der Waals surface area contributed by atoms with Crippen molar-refractivity contribution in [3.63, 3.8) is 0 Å². The summed E-state index contributed by atoms with van der Waals surface area (Å²) >= 11 is 0. The molecule has 1 N–H and O–H groups in total. The van der Waals surface area contributed by atoms with E-state index in [1.54, 1.807) is 4.90 Å². The summed E-state index contributed by atoms with van der Waals surface area (Å²) in [5.41, 5.74) is 2.13. The average Bonchev–Trinajstić information content (AvgIpc) is 3.06. The van der Waals surface area contributed by atoms with Gasteiger partial charge in [0, 0.05) is 31.5 Å². The highest BCUT2D eigenvalue weighted by molar-refractivity contribution is 5.68. The summed E-state index contributed by atoms with van der Waals surface area (Å²) in [6.45, 7) is 1.46. The molecule has 2 aromatic rings. The maximum Gasteiger partial charge on any atom is 0.410 e. The van der Waals surface area contributed by atoms with Gasteiger partial charge in [-0.3, -0.25) is 0 Å². The van der Waals surface area contributed by atoms with E-state index >= 15 is 0 Å². The highest BCUT2D eigenvalue weighted by atomic mass is 16.6. The van der Waals surface area contributed by atoms with E-state index in [9.17, 15) is 9.90 Å². The van der Waals surface area contributed by atoms with Crippen molar-refractivity contribution in [2.75, 3.05) is 19.7 Å². The molecule has 4 heteroatoms. The summed E-state index contributed by atoms with van der Waals surface area (Å²) in [5.74, 6) is 0.215. The minimum absolute atomic E-state index is 0.0571. The summed E-state index contributed by atoms with van der Waals surface area (Å²) < 4.78 is 5.39. The third kappa shape index (κ3) is 3.71. The van der Waals surface area contributed by atoms with E-state index in [1.807, 2.05) is 60.7 Å². The van der Waals surface area contributed by atoms with E-state index in [1.165, 1.54) is 0 Å². The van der Waals surface area contributed by atoms with Crippen LogP contribution in [-0.4, -0.2) is 35.8 Å². The van der Waals surface area contributed by atoms with E-state index in [0.29, 0.717) is 13.1 Å². The van der Waals surface area contributed by atoms with Gasteiger partial charge >= 0.3 is 6.09 Å². The molecule has 0 bridgehead atoms. The topological polar surface area (TPSA) is 49.8 Å². The number of aliphatic hydroxyl groups is 1. The van der Waals surface area contributed by atoms with Crippen LogP contribution in [0.5, 0.6) is 0 Å². The molecule has 0 unspecified atom stereocenters. The Morgan fingerprint density at radius 3 is 2.35 bits per heavy atom. The number of amides is 1. The van der Waals surface area contributed by atoms with Gasteiger partial charge in [0.15, 0.2) is 0 Å². The Balaban J connectivity index is 1.61. The lowest BCUT2D eigenvalue weighted by atomic mass is 9.90. The summed E-state index contributed by atoms with van der Waals surface area (Å²) in [5, 5.41) is 9.63. The van der Waals surface area contributed by atoms with Gasteiger partial charge < -0.3 is 14.7 Å². The van der Waals surface area contributed by atoms with Crippen molar-refractivity contribution >= 4 is 6.09 Å². The first-order valence-corrected chi connectivity index (χ1v) is 7.89. The van der Waals surface area contributed by atoms with Crippen LogP contribution in [0.15, 0.2) is 60.7 Å². The third-order valence-electron chi connectivity index (χ3n) is 4.37. The van der Waals surface area contributed by atoms with Crippen molar-refractivity contribution in [2.45, 2.75) is 12.5 Å². The molecule has 0 aliphatic carbocycles. The normalized spacial score (nSPS) is 20.5. The molecular weight excluding hydrogens is 290 g/mol. The Hall–Kier alpha value is -2.33. The van der Waals surface area contributed by atoms with Crippen molar-refractivity contribution < 1.29 is 14.6 Å². The Kier molecular flexibility index (Phi) is 4.93. The van der Waals surface area contributed by atoms with Crippen LogP contribution in [-0.2, 0) is 11.3 Å². The Morgan fingerprint density at radius 2 is 1.70 bits per heavy atom. The molecule has 1 amide bonds. The number of carbonyl (C=O) groups excluding carboxylic acids is 1. The van der Waals surface area contributed by atoms with Crippen LogP contribution in [0.1, 0.15) is 17.0 Å². The average molecular weight is 311 g/mol. The summed E-state index contributed by atoms with van der Waals surface area (Å²) in [6, 6.07) is 19.7. The van der Waals surface area contributed by atoms with E-state index < -0.39 is 0 Å². The van der Waals surface area contributed by atoms with Gasteiger partial charge in [-0.15, -0.1) is 0 Å². The fourth-order valence-corrected chi connectivity index (χ4v) is 3.09. The molecule has 3 rings (SSSR count). The van der Waals surface area contributed by atoms with E-state index in [2.05, 4.69) is 0 Å². The number of carbonyl (C=O) groups is 1. The van der Waals surface area contributed by atoms with Gasteiger partial charge in [0.2, 0.25) is 0 Å². The van der Waals surface area contributed by atoms with Crippen molar-refractivity contribution in [3.05, 3.63) is 71.8 Å². The molecule has 0 radical (unpaired) electrons. The molecule has 23 heavy (non-hydrogen) atoms. The molecule has 1 fully saturated rings. The minimum atomic E-state index is -0.314. The number of rotatable bonds is 4.